The van der Waals surface area contributed by atoms with Crippen molar-refractivity contribution in [2.45, 2.75) is 19.7 Å². The first-order valence-electron chi connectivity index (χ1n) is 5.69. The van der Waals surface area contributed by atoms with Crippen LogP contribution in [-0.4, -0.2) is 0 Å². The zero-order valence-corrected chi connectivity index (χ0v) is 11.1. The van der Waals surface area contributed by atoms with E-state index in [9.17, 15) is 4.39 Å². The molecule has 0 unspecified atom stereocenters. The van der Waals surface area contributed by atoms with Crippen LogP contribution < -0.4 is 4.74 Å². The number of halogens is 2. The van der Waals surface area contributed by atoms with E-state index in [2.05, 4.69) is 0 Å². The molecule has 0 spiro atoms. The molecule has 2 aromatic carbocycles. The van der Waals surface area contributed by atoms with Crippen LogP contribution in [0.3, 0.4) is 0 Å². The van der Waals surface area contributed by atoms with Gasteiger partial charge in [0.1, 0.15) is 17.3 Å². The Morgan fingerprint density at radius 2 is 1.78 bits per heavy atom. The Morgan fingerprint density at radius 3 is 2.44 bits per heavy atom. The predicted molar refractivity (Wildman–Crippen MR) is 71.9 cm³/mol. The molecule has 0 aromatic heterocycles. The molecule has 94 valence electrons. The van der Waals surface area contributed by atoms with E-state index < -0.39 is 0 Å². The van der Waals surface area contributed by atoms with Gasteiger partial charge in [0.25, 0.3) is 0 Å². The van der Waals surface area contributed by atoms with Crippen LogP contribution in [0.25, 0.3) is 0 Å². The van der Waals surface area contributed by atoms with Gasteiger partial charge in [-0.15, -0.1) is 11.6 Å². The molecule has 0 saturated heterocycles. The number of benzene rings is 2. The molecule has 0 amide bonds. The highest BCUT2D eigenvalue weighted by atomic mass is 35.5. The molecule has 0 aliphatic carbocycles. The quantitative estimate of drug-likeness (QED) is 0.711. The van der Waals surface area contributed by atoms with Gasteiger partial charge in [0.05, 0.1) is 0 Å². The summed E-state index contributed by atoms with van der Waals surface area (Å²) in [5, 5.41) is 0. The van der Waals surface area contributed by atoms with Crippen molar-refractivity contribution < 1.29 is 9.13 Å². The second-order valence-electron chi connectivity index (χ2n) is 4.25. The van der Waals surface area contributed by atoms with Crippen LogP contribution in [0.2, 0.25) is 0 Å². The topological polar surface area (TPSA) is 9.23 Å². The highest BCUT2D eigenvalue weighted by Crippen LogP contribution is 2.27. The van der Waals surface area contributed by atoms with E-state index in [4.69, 9.17) is 16.3 Å². The van der Waals surface area contributed by atoms with Crippen molar-refractivity contribution in [1.82, 2.24) is 0 Å². The minimum atomic E-state index is -0.265. The fraction of sp³-hybridized carbons (Fsp3) is 0.200. The molecule has 0 N–H and O–H groups in total. The Bertz CT molecular complexity index is 566. The Hall–Kier alpha value is -1.54. The third kappa shape index (κ3) is 2.82. The van der Waals surface area contributed by atoms with E-state index in [0.29, 0.717) is 22.9 Å². The normalized spacial score (nSPS) is 10.4. The molecule has 0 saturated carbocycles. The summed E-state index contributed by atoms with van der Waals surface area (Å²) in [6.07, 6.45) is 0. The second kappa shape index (κ2) is 5.40. The van der Waals surface area contributed by atoms with E-state index in [-0.39, 0.29) is 5.82 Å². The molecule has 2 rings (SSSR count). The van der Waals surface area contributed by atoms with Crippen molar-refractivity contribution in [3.05, 3.63) is 58.9 Å². The largest absolute Gasteiger partial charge is 0.457 e. The summed E-state index contributed by atoms with van der Waals surface area (Å²) < 4.78 is 19.1. The number of alkyl halides is 1. The van der Waals surface area contributed by atoms with Crippen LogP contribution in [0.15, 0.2) is 36.4 Å². The minimum absolute atomic E-state index is 0.265. The zero-order chi connectivity index (χ0) is 13.1. The Morgan fingerprint density at radius 1 is 1.06 bits per heavy atom. The Labute approximate surface area is 111 Å². The molecule has 0 heterocycles. The number of hydrogen-bond donors (Lipinski definition) is 0. The lowest BCUT2D eigenvalue weighted by molar-refractivity contribution is 0.472. The lowest BCUT2D eigenvalue weighted by atomic mass is 10.1. The average Bonchev–Trinajstić information content (AvgIpc) is 2.36. The maximum atomic E-state index is 13.4. The molecule has 0 radical (unpaired) electrons. The van der Waals surface area contributed by atoms with Crippen LogP contribution in [0.5, 0.6) is 11.5 Å². The van der Waals surface area contributed by atoms with Crippen molar-refractivity contribution in [1.29, 1.82) is 0 Å². The first kappa shape index (κ1) is 12.9. The summed E-state index contributed by atoms with van der Waals surface area (Å²) in [6.45, 7) is 3.66. The lowest BCUT2D eigenvalue weighted by Crippen LogP contribution is -1.91. The first-order chi connectivity index (χ1) is 8.60. The number of ether oxygens (including phenoxy) is 1. The molecule has 0 aliphatic heterocycles. The third-order valence-electron chi connectivity index (χ3n) is 2.78. The summed E-state index contributed by atoms with van der Waals surface area (Å²) in [4.78, 5) is 0. The van der Waals surface area contributed by atoms with Gasteiger partial charge in [0.2, 0.25) is 0 Å². The maximum Gasteiger partial charge on any atom is 0.130 e. The van der Waals surface area contributed by atoms with Crippen LogP contribution >= 0.6 is 11.6 Å². The first-order valence-corrected chi connectivity index (χ1v) is 6.23. The van der Waals surface area contributed by atoms with Gasteiger partial charge in [-0.3, -0.25) is 0 Å². The molecule has 0 fully saturated rings. The zero-order valence-electron chi connectivity index (χ0n) is 10.3. The van der Waals surface area contributed by atoms with Gasteiger partial charge >= 0.3 is 0 Å². The molecular formula is C15H14ClFO. The van der Waals surface area contributed by atoms with Gasteiger partial charge < -0.3 is 4.74 Å². The van der Waals surface area contributed by atoms with Crippen molar-refractivity contribution in [2.75, 3.05) is 0 Å². The van der Waals surface area contributed by atoms with E-state index in [1.54, 1.807) is 19.1 Å². The average molecular weight is 265 g/mol. The van der Waals surface area contributed by atoms with Crippen molar-refractivity contribution in [3.8, 4) is 11.5 Å². The predicted octanol–water partition coefficient (Wildman–Crippen LogP) is 4.97. The molecule has 0 bridgehead atoms. The van der Waals surface area contributed by atoms with E-state index in [0.717, 1.165) is 11.1 Å². The van der Waals surface area contributed by atoms with Gasteiger partial charge in [0, 0.05) is 11.9 Å². The van der Waals surface area contributed by atoms with Crippen molar-refractivity contribution in [2.24, 2.45) is 0 Å². The van der Waals surface area contributed by atoms with Crippen LogP contribution in [0, 0.1) is 19.7 Å². The monoisotopic (exact) mass is 264 g/mol. The van der Waals surface area contributed by atoms with Gasteiger partial charge in [-0.25, -0.2) is 4.39 Å². The Balaban J connectivity index is 2.30. The molecule has 0 aliphatic rings. The summed E-state index contributed by atoms with van der Waals surface area (Å²) in [5.41, 5.74) is 2.57. The van der Waals surface area contributed by atoms with E-state index >= 15 is 0 Å². The Kier molecular flexibility index (Phi) is 3.87. The highest BCUT2D eigenvalue weighted by molar-refractivity contribution is 6.17. The summed E-state index contributed by atoms with van der Waals surface area (Å²) >= 11 is 5.78. The number of rotatable bonds is 3. The lowest BCUT2D eigenvalue weighted by Gasteiger charge is -2.10. The summed E-state index contributed by atoms with van der Waals surface area (Å²) in [6, 6.07) is 10.6. The van der Waals surface area contributed by atoms with Crippen LogP contribution in [0.1, 0.15) is 16.7 Å². The molecule has 3 heteroatoms. The van der Waals surface area contributed by atoms with E-state index in [1.165, 1.54) is 6.07 Å². The SMILES string of the molecule is Cc1ccc(Oc2cc(CCl)ccc2C)cc1F. The standard InChI is InChI=1S/C15H14ClFO/c1-10-4-6-13(8-14(10)17)18-15-7-12(9-16)5-3-11(15)2/h3-8H,9H2,1-2H3. The fourth-order valence-electron chi connectivity index (χ4n) is 1.60. The fourth-order valence-corrected chi connectivity index (χ4v) is 1.77. The molecule has 1 nitrogen and oxygen atoms in total. The van der Waals surface area contributed by atoms with Crippen molar-refractivity contribution in [3.63, 3.8) is 0 Å². The molecular weight excluding hydrogens is 251 g/mol. The molecule has 2 aromatic rings. The van der Waals surface area contributed by atoms with Crippen LogP contribution in [-0.2, 0) is 5.88 Å². The van der Waals surface area contributed by atoms with E-state index in [1.807, 2.05) is 25.1 Å². The maximum absolute atomic E-state index is 13.4. The smallest absolute Gasteiger partial charge is 0.130 e. The van der Waals surface area contributed by atoms with Crippen molar-refractivity contribution >= 4 is 11.6 Å². The number of aryl methyl sites for hydroxylation is 2. The summed E-state index contributed by atoms with van der Waals surface area (Å²) in [7, 11) is 0. The van der Waals surface area contributed by atoms with Gasteiger partial charge in [-0.1, -0.05) is 18.2 Å². The summed E-state index contributed by atoms with van der Waals surface area (Å²) in [5.74, 6) is 1.36. The number of hydrogen-bond acceptors (Lipinski definition) is 1. The highest BCUT2D eigenvalue weighted by Gasteiger charge is 2.05. The second-order valence-corrected chi connectivity index (χ2v) is 4.51. The molecule has 0 atom stereocenters. The third-order valence-corrected chi connectivity index (χ3v) is 3.09. The van der Waals surface area contributed by atoms with Gasteiger partial charge in [-0.2, -0.15) is 0 Å². The minimum Gasteiger partial charge on any atom is -0.457 e. The van der Waals surface area contributed by atoms with Gasteiger partial charge in [-0.05, 0) is 42.7 Å². The molecule has 18 heavy (non-hydrogen) atoms. The van der Waals surface area contributed by atoms with Gasteiger partial charge in [0.15, 0.2) is 0 Å². The van der Waals surface area contributed by atoms with Crippen LogP contribution in [0.4, 0.5) is 4.39 Å².